The van der Waals surface area contributed by atoms with Crippen molar-refractivity contribution in [3.63, 3.8) is 0 Å². The summed E-state index contributed by atoms with van der Waals surface area (Å²) in [7, 11) is 0. The van der Waals surface area contributed by atoms with Crippen molar-refractivity contribution in [2.75, 3.05) is 5.33 Å². The first kappa shape index (κ1) is 10.9. The Balaban J connectivity index is 2.12. The van der Waals surface area contributed by atoms with Gasteiger partial charge in [-0.15, -0.1) is 0 Å². The van der Waals surface area contributed by atoms with Gasteiger partial charge in [-0.25, -0.2) is 0 Å². The van der Waals surface area contributed by atoms with E-state index in [1.54, 1.807) is 0 Å². The SMILES string of the molecule is O=C(CCCBr)c1ccc2c(c1)CCC2. The van der Waals surface area contributed by atoms with Crippen molar-refractivity contribution in [2.24, 2.45) is 0 Å². The lowest BCUT2D eigenvalue weighted by molar-refractivity contribution is 0.0982. The molecule has 1 aromatic carbocycles. The number of fused-ring (bicyclic) bond motifs is 1. The second-order valence-electron chi connectivity index (χ2n) is 4.05. The molecule has 0 aliphatic heterocycles. The first-order valence-electron chi connectivity index (χ1n) is 5.52. The molecule has 1 aromatic rings. The molecule has 0 N–H and O–H groups in total. The standard InChI is InChI=1S/C13H15BrO/c14-8-2-5-13(15)12-7-6-10-3-1-4-11(10)9-12/h6-7,9H,1-5,8H2. The predicted octanol–water partition coefficient (Wildman–Crippen LogP) is 3.53. The lowest BCUT2D eigenvalue weighted by Gasteiger charge is -2.03. The van der Waals surface area contributed by atoms with E-state index in [1.165, 1.54) is 24.0 Å². The Kier molecular flexibility index (Phi) is 3.57. The van der Waals surface area contributed by atoms with Crippen molar-refractivity contribution >= 4 is 21.7 Å². The number of rotatable bonds is 4. The minimum absolute atomic E-state index is 0.282. The number of ketones is 1. The van der Waals surface area contributed by atoms with Gasteiger partial charge in [-0.2, -0.15) is 0 Å². The van der Waals surface area contributed by atoms with E-state index in [0.29, 0.717) is 6.42 Å². The molecule has 1 aliphatic rings. The molecule has 15 heavy (non-hydrogen) atoms. The van der Waals surface area contributed by atoms with Gasteiger partial charge in [0.05, 0.1) is 0 Å². The highest BCUT2D eigenvalue weighted by Gasteiger charge is 2.13. The molecule has 0 atom stereocenters. The Morgan fingerprint density at radius 3 is 2.87 bits per heavy atom. The predicted molar refractivity (Wildman–Crippen MR) is 65.8 cm³/mol. The molecule has 0 saturated heterocycles. The zero-order chi connectivity index (χ0) is 10.7. The van der Waals surface area contributed by atoms with Crippen LogP contribution in [0.3, 0.4) is 0 Å². The van der Waals surface area contributed by atoms with Gasteiger partial charge in [0.25, 0.3) is 0 Å². The second kappa shape index (κ2) is 4.93. The van der Waals surface area contributed by atoms with Crippen molar-refractivity contribution in [1.29, 1.82) is 0 Å². The smallest absolute Gasteiger partial charge is 0.162 e. The lowest BCUT2D eigenvalue weighted by atomic mass is 10.0. The quantitative estimate of drug-likeness (QED) is 0.602. The van der Waals surface area contributed by atoms with Crippen LogP contribution in [0, 0.1) is 0 Å². The van der Waals surface area contributed by atoms with Crippen LogP contribution >= 0.6 is 15.9 Å². The fraction of sp³-hybridized carbons (Fsp3) is 0.462. The maximum Gasteiger partial charge on any atom is 0.162 e. The van der Waals surface area contributed by atoms with E-state index in [1.807, 2.05) is 6.07 Å². The number of halogens is 1. The highest BCUT2D eigenvalue weighted by atomic mass is 79.9. The summed E-state index contributed by atoms with van der Waals surface area (Å²) in [4.78, 5) is 11.8. The third-order valence-electron chi connectivity index (χ3n) is 2.96. The van der Waals surface area contributed by atoms with Gasteiger partial charge >= 0.3 is 0 Å². The number of benzene rings is 1. The van der Waals surface area contributed by atoms with Gasteiger partial charge in [0.15, 0.2) is 5.78 Å². The molecule has 0 heterocycles. The molecule has 2 heteroatoms. The highest BCUT2D eigenvalue weighted by Crippen LogP contribution is 2.23. The Labute approximate surface area is 99.0 Å². The van der Waals surface area contributed by atoms with Gasteiger partial charge in [0, 0.05) is 17.3 Å². The average Bonchev–Trinajstić information content (AvgIpc) is 2.72. The zero-order valence-electron chi connectivity index (χ0n) is 8.76. The van der Waals surface area contributed by atoms with E-state index in [9.17, 15) is 4.79 Å². The number of hydrogen-bond acceptors (Lipinski definition) is 1. The molecule has 0 radical (unpaired) electrons. The van der Waals surface area contributed by atoms with E-state index in [4.69, 9.17) is 0 Å². The minimum atomic E-state index is 0.282. The molecule has 0 fully saturated rings. The molecular weight excluding hydrogens is 252 g/mol. The Hall–Kier alpha value is -0.630. The zero-order valence-corrected chi connectivity index (χ0v) is 10.3. The maximum absolute atomic E-state index is 11.8. The summed E-state index contributed by atoms with van der Waals surface area (Å²) < 4.78 is 0. The Morgan fingerprint density at radius 2 is 2.07 bits per heavy atom. The number of Topliss-reactive ketones (excluding diaryl/α,β-unsaturated/α-hetero) is 1. The van der Waals surface area contributed by atoms with Crippen LogP contribution in [-0.2, 0) is 12.8 Å². The van der Waals surface area contributed by atoms with Crippen molar-refractivity contribution in [1.82, 2.24) is 0 Å². The second-order valence-corrected chi connectivity index (χ2v) is 4.85. The summed E-state index contributed by atoms with van der Waals surface area (Å²) in [5, 5.41) is 0.906. The van der Waals surface area contributed by atoms with E-state index in [2.05, 4.69) is 28.1 Å². The number of aryl methyl sites for hydroxylation is 2. The van der Waals surface area contributed by atoms with Gasteiger partial charge < -0.3 is 0 Å². The molecule has 1 aliphatic carbocycles. The van der Waals surface area contributed by atoms with Gasteiger partial charge in [-0.1, -0.05) is 28.1 Å². The van der Waals surface area contributed by atoms with Gasteiger partial charge in [0.2, 0.25) is 0 Å². The third-order valence-corrected chi connectivity index (χ3v) is 3.52. The molecule has 0 bridgehead atoms. The molecule has 0 aromatic heterocycles. The molecule has 0 spiro atoms. The van der Waals surface area contributed by atoms with Crippen molar-refractivity contribution < 1.29 is 4.79 Å². The third kappa shape index (κ3) is 2.49. The summed E-state index contributed by atoms with van der Waals surface area (Å²) in [6.45, 7) is 0. The molecule has 0 unspecified atom stereocenters. The van der Waals surface area contributed by atoms with Crippen LogP contribution in [-0.4, -0.2) is 11.1 Å². The minimum Gasteiger partial charge on any atom is -0.294 e. The highest BCUT2D eigenvalue weighted by molar-refractivity contribution is 9.09. The number of alkyl halides is 1. The van der Waals surface area contributed by atoms with Crippen LogP contribution in [0.5, 0.6) is 0 Å². The van der Waals surface area contributed by atoms with Crippen LogP contribution in [0.4, 0.5) is 0 Å². The monoisotopic (exact) mass is 266 g/mol. The fourth-order valence-corrected chi connectivity index (χ4v) is 2.40. The molecule has 0 amide bonds. The lowest BCUT2D eigenvalue weighted by Crippen LogP contribution is -2.00. The van der Waals surface area contributed by atoms with Crippen molar-refractivity contribution in [3.05, 3.63) is 34.9 Å². The molecule has 1 nitrogen and oxygen atoms in total. The average molecular weight is 267 g/mol. The molecule has 0 saturated carbocycles. The summed E-state index contributed by atoms with van der Waals surface area (Å²) in [5.41, 5.74) is 3.73. The molecule has 80 valence electrons. The van der Waals surface area contributed by atoms with Gasteiger partial charge in [-0.3, -0.25) is 4.79 Å². The van der Waals surface area contributed by atoms with Crippen molar-refractivity contribution in [2.45, 2.75) is 32.1 Å². The van der Waals surface area contributed by atoms with E-state index in [0.717, 1.165) is 23.7 Å². The number of hydrogen-bond donors (Lipinski definition) is 0. The topological polar surface area (TPSA) is 17.1 Å². The number of carbonyl (C=O) groups excluding carboxylic acids is 1. The molecular formula is C13H15BrO. The first-order valence-corrected chi connectivity index (χ1v) is 6.64. The summed E-state index contributed by atoms with van der Waals surface area (Å²) >= 11 is 3.35. The normalized spacial score (nSPS) is 13.9. The van der Waals surface area contributed by atoms with Crippen LogP contribution in [0.1, 0.15) is 40.7 Å². The summed E-state index contributed by atoms with van der Waals surface area (Å²) in [5.74, 6) is 0.282. The van der Waals surface area contributed by atoms with Gasteiger partial charge in [0.1, 0.15) is 0 Å². The van der Waals surface area contributed by atoms with Crippen LogP contribution < -0.4 is 0 Å². The fourth-order valence-electron chi connectivity index (χ4n) is 2.12. The van der Waals surface area contributed by atoms with Crippen LogP contribution in [0.15, 0.2) is 18.2 Å². The number of carbonyl (C=O) groups is 1. The summed E-state index contributed by atoms with van der Waals surface area (Å²) in [6.07, 6.45) is 5.16. The van der Waals surface area contributed by atoms with E-state index >= 15 is 0 Å². The van der Waals surface area contributed by atoms with Gasteiger partial charge in [-0.05, 0) is 42.9 Å². The Bertz CT molecular complexity index is 371. The Morgan fingerprint density at radius 1 is 1.27 bits per heavy atom. The summed E-state index contributed by atoms with van der Waals surface area (Å²) in [6, 6.07) is 6.21. The largest absolute Gasteiger partial charge is 0.294 e. The first-order chi connectivity index (χ1) is 7.31. The van der Waals surface area contributed by atoms with Crippen molar-refractivity contribution in [3.8, 4) is 0 Å². The van der Waals surface area contributed by atoms with E-state index in [-0.39, 0.29) is 5.78 Å². The maximum atomic E-state index is 11.8. The van der Waals surface area contributed by atoms with Crippen LogP contribution in [0.25, 0.3) is 0 Å². The molecule has 2 rings (SSSR count). The van der Waals surface area contributed by atoms with Crippen LogP contribution in [0.2, 0.25) is 0 Å². The van der Waals surface area contributed by atoms with E-state index < -0.39 is 0 Å².